The van der Waals surface area contributed by atoms with Gasteiger partial charge in [0, 0.05) is 20.3 Å². The highest BCUT2D eigenvalue weighted by Crippen LogP contribution is 2.28. The number of carbonyl (C=O) groups is 2. The van der Waals surface area contributed by atoms with E-state index in [1.807, 2.05) is 47.8 Å². The molecule has 0 spiro atoms. The van der Waals surface area contributed by atoms with Gasteiger partial charge in [0.05, 0.1) is 22.7 Å². The van der Waals surface area contributed by atoms with Crippen molar-refractivity contribution < 1.29 is 9.59 Å². The van der Waals surface area contributed by atoms with Crippen molar-refractivity contribution in [3.05, 3.63) is 59.6 Å². The molecule has 2 aromatic heterocycles. The van der Waals surface area contributed by atoms with E-state index in [9.17, 15) is 9.59 Å². The minimum absolute atomic E-state index is 0.00424. The van der Waals surface area contributed by atoms with Crippen LogP contribution in [0, 0.1) is 0 Å². The van der Waals surface area contributed by atoms with E-state index in [1.54, 1.807) is 25.0 Å². The molecule has 0 radical (unpaired) electrons. The molecule has 3 aromatic rings. The van der Waals surface area contributed by atoms with Crippen LogP contribution in [0.4, 0.5) is 0 Å². The average Bonchev–Trinajstić information content (AvgIpc) is 3.31. The number of nitrogens with one attached hydrogen (secondary N) is 1. The number of amides is 2. The minimum atomic E-state index is -0.241. The van der Waals surface area contributed by atoms with Crippen LogP contribution in [0.5, 0.6) is 0 Å². The number of thiophene rings is 1. The molecule has 7 heteroatoms. The van der Waals surface area contributed by atoms with E-state index < -0.39 is 0 Å². The third kappa shape index (κ3) is 3.61. The molecule has 6 nitrogen and oxygen atoms in total. The van der Waals surface area contributed by atoms with Crippen LogP contribution >= 0.6 is 11.3 Å². The Kier molecular flexibility index (Phi) is 4.95. The van der Waals surface area contributed by atoms with Crippen LogP contribution in [0.2, 0.25) is 0 Å². The fraction of sp³-hybridized carbons (Fsp3) is 0.167. The maximum absolute atomic E-state index is 12.9. The molecule has 0 saturated carbocycles. The zero-order chi connectivity index (χ0) is 17.8. The summed E-state index contributed by atoms with van der Waals surface area (Å²) in [5.41, 5.74) is 1.96. The number of nitrogens with zero attached hydrogens (tertiary/aromatic N) is 3. The lowest BCUT2D eigenvalue weighted by molar-refractivity contribution is -0.121. The number of benzene rings is 1. The summed E-state index contributed by atoms with van der Waals surface area (Å²) in [4.78, 5) is 26.7. The molecule has 0 saturated heterocycles. The molecule has 1 N–H and O–H groups in total. The SMILES string of the molecule is CNC(=O)CN(C)C(=O)c1cn(-c2ccccc2)nc1-c1cccs1. The van der Waals surface area contributed by atoms with Crippen LogP contribution in [-0.2, 0) is 4.79 Å². The van der Waals surface area contributed by atoms with Gasteiger partial charge in [-0.15, -0.1) is 11.3 Å². The Balaban J connectivity index is 2.01. The number of likely N-dealkylation sites (N-methyl/N-ethyl adjacent to an activating group) is 2. The Morgan fingerprint density at radius 2 is 1.96 bits per heavy atom. The first kappa shape index (κ1) is 16.9. The lowest BCUT2D eigenvalue weighted by atomic mass is 10.2. The highest BCUT2D eigenvalue weighted by molar-refractivity contribution is 7.13. The van der Waals surface area contributed by atoms with Gasteiger partial charge in [-0.2, -0.15) is 5.10 Å². The van der Waals surface area contributed by atoms with Gasteiger partial charge >= 0.3 is 0 Å². The maximum atomic E-state index is 12.9. The predicted octanol–water partition coefficient (Wildman–Crippen LogP) is 2.42. The first-order valence-electron chi connectivity index (χ1n) is 7.75. The van der Waals surface area contributed by atoms with Gasteiger partial charge in [0.2, 0.25) is 5.91 Å². The second-order valence-corrected chi connectivity index (χ2v) is 6.43. The van der Waals surface area contributed by atoms with Crippen molar-refractivity contribution in [1.29, 1.82) is 0 Å². The molecule has 0 fully saturated rings. The monoisotopic (exact) mass is 354 g/mol. The van der Waals surface area contributed by atoms with Crippen molar-refractivity contribution >= 4 is 23.2 Å². The highest BCUT2D eigenvalue weighted by Gasteiger charge is 2.23. The summed E-state index contributed by atoms with van der Waals surface area (Å²) < 4.78 is 1.69. The number of hydrogen-bond acceptors (Lipinski definition) is 4. The Hall–Kier alpha value is -2.93. The summed E-state index contributed by atoms with van der Waals surface area (Å²) in [5, 5.41) is 9.07. The molecule has 0 unspecified atom stereocenters. The summed E-state index contributed by atoms with van der Waals surface area (Å²) in [6, 6.07) is 13.5. The number of aromatic nitrogens is 2. The van der Waals surface area contributed by atoms with E-state index in [-0.39, 0.29) is 18.4 Å². The summed E-state index contributed by atoms with van der Waals surface area (Å²) >= 11 is 1.52. The van der Waals surface area contributed by atoms with E-state index in [0.29, 0.717) is 11.3 Å². The number of hydrogen-bond donors (Lipinski definition) is 1. The smallest absolute Gasteiger partial charge is 0.257 e. The Bertz CT molecular complexity index is 872. The van der Waals surface area contributed by atoms with Crippen molar-refractivity contribution in [3.8, 4) is 16.3 Å². The van der Waals surface area contributed by atoms with E-state index in [4.69, 9.17) is 0 Å². The highest BCUT2D eigenvalue weighted by atomic mass is 32.1. The third-order valence-corrected chi connectivity index (χ3v) is 4.60. The number of para-hydroxylation sites is 1. The van der Waals surface area contributed by atoms with Gasteiger partial charge in [-0.3, -0.25) is 9.59 Å². The van der Waals surface area contributed by atoms with E-state index >= 15 is 0 Å². The largest absolute Gasteiger partial charge is 0.358 e. The molecular weight excluding hydrogens is 336 g/mol. The van der Waals surface area contributed by atoms with Gasteiger partial charge in [-0.1, -0.05) is 24.3 Å². The fourth-order valence-electron chi connectivity index (χ4n) is 2.41. The molecule has 128 valence electrons. The van der Waals surface area contributed by atoms with Crippen LogP contribution in [0.3, 0.4) is 0 Å². The molecule has 0 atom stereocenters. The lowest BCUT2D eigenvalue weighted by Crippen LogP contribution is -2.36. The summed E-state index contributed by atoms with van der Waals surface area (Å²) in [7, 11) is 3.15. The Labute approximate surface area is 149 Å². The van der Waals surface area contributed by atoms with Gasteiger partial charge < -0.3 is 10.2 Å². The zero-order valence-electron chi connectivity index (χ0n) is 14.0. The number of rotatable bonds is 5. The summed E-state index contributed by atoms with van der Waals surface area (Å²) in [6.45, 7) is -0.00424. The van der Waals surface area contributed by atoms with Crippen LogP contribution < -0.4 is 5.32 Å². The van der Waals surface area contributed by atoms with Gasteiger partial charge in [-0.05, 0) is 23.6 Å². The van der Waals surface area contributed by atoms with Crippen LogP contribution in [0.25, 0.3) is 16.3 Å². The standard InChI is InChI=1S/C18H18N4O2S/c1-19-16(23)12-21(2)18(24)14-11-22(13-7-4-3-5-8-13)20-17(14)15-9-6-10-25-15/h3-11H,12H2,1-2H3,(H,19,23). The first-order valence-corrected chi connectivity index (χ1v) is 8.63. The summed E-state index contributed by atoms with van der Waals surface area (Å²) in [5.74, 6) is -0.460. The van der Waals surface area contributed by atoms with Crippen molar-refractivity contribution in [2.45, 2.75) is 0 Å². The lowest BCUT2D eigenvalue weighted by Gasteiger charge is -2.15. The topological polar surface area (TPSA) is 67.2 Å². The first-order chi connectivity index (χ1) is 12.1. The second-order valence-electron chi connectivity index (χ2n) is 5.48. The molecular formula is C18H18N4O2S. The van der Waals surface area contributed by atoms with Gasteiger partial charge in [0.25, 0.3) is 5.91 Å². The van der Waals surface area contributed by atoms with E-state index in [1.165, 1.54) is 16.2 Å². The molecule has 2 heterocycles. The third-order valence-electron chi connectivity index (χ3n) is 3.73. The van der Waals surface area contributed by atoms with Crippen LogP contribution in [0.1, 0.15) is 10.4 Å². The van der Waals surface area contributed by atoms with Crippen molar-refractivity contribution in [2.75, 3.05) is 20.6 Å². The van der Waals surface area contributed by atoms with Gasteiger partial charge in [-0.25, -0.2) is 4.68 Å². The molecule has 2 amide bonds. The van der Waals surface area contributed by atoms with Crippen LogP contribution in [0.15, 0.2) is 54.0 Å². The van der Waals surface area contributed by atoms with Crippen molar-refractivity contribution in [1.82, 2.24) is 20.0 Å². The number of carbonyl (C=O) groups excluding carboxylic acids is 2. The normalized spacial score (nSPS) is 10.5. The molecule has 0 aliphatic rings. The van der Waals surface area contributed by atoms with Gasteiger partial charge in [0.1, 0.15) is 5.69 Å². The quantitative estimate of drug-likeness (QED) is 0.765. The van der Waals surface area contributed by atoms with Crippen molar-refractivity contribution in [2.24, 2.45) is 0 Å². The second kappa shape index (κ2) is 7.31. The molecule has 0 bridgehead atoms. The van der Waals surface area contributed by atoms with E-state index in [0.717, 1.165) is 10.6 Å². The molecule has 3 rings (SSSR count). The predicted molar refractivity (Wildman–Crippen MR) is 97.9 cm³/mol. The molecule has 0 aliphatic carbocycles. The van der Waals surface area contributed by atoms with Gasteiger partial charge in [0.15, 0.2) is 0 Å². The fourth-order valence-corrected chi connectivity index (χ4v) is 3.13. The zero-order valence-corrected chi connectivity index (χ0v) is 14.8. The molecule has 0 aliphatic heterocycles. The van der Waals surface area contributed by atoms with Crippen LogP contribution in [-0.4, -0.2) is 47.1 Å². The van der Waals surface area contributed by atoms with E-state index in [2.05, 4.69) is 10.4 Å². The van der Waals surface area contributed by atoms with Crippen molar-refractivity contribution in [3.63, 3.8) is 0 Å². The summed E-state index contributed by atoms with van der Waals surface area (Å²) in [6.07, 6.45) is 1.72. The molecule has 25 heavy (non-hydrogen) atoms. The Morgan fingerprint density at radius 1 is 1.20 bits per heavy atom. The Morgan fingerprint density at radius 3 is 2.60 bits per heavy atom. The average molecular weight is 354 g/mol. The minimum Gasteiger partial charge on any atom is -0.358 e. The molecule has 1 aromatic carbocycles. The maximum Gasteiger partial charge on any atom is 0.257 e.